The van der Waals surface area contributed by atoms with E-state index >= 15 is 0 Å². The van der Waals surface area contributed by atoms with Crippen molar-refractivity contribution in [1.29, 1.82) is 0 Å². The lowest BCUT2D eigenvalue weighted by atomic mass is 10.1. The second-order valence-corrected chi connectivity index (χ2v) is 6.48. The van der Waals surface area contributed by atoms with Crippen molar-refractivity contribution >= 4 is 11.8 Å². The molecule has 3 N–H and O–H groups in total. The Morgan fingerprint density at radius 2 is 1.84 bits per heavy atom. The molecule has 108 valence electrons. The van der Waals surface area contributed by atoms with Gasteiger partial charge in [-0.1, -0.05) is 26.0 Å². The second kappa shape index (κ2) is 8.46. The molecule has 1 aromatic rings. The van der Waals surface area contributed by atoms with Crippen LogP contribution in [0.3, 0.4) is 0 Å². The van der Waals surface area contributed by atoms with E-state index in [2.05, 4.69) is 31.4 Å². The van der Waals surface area contributed by atoms with Gasteiger partial charge in [0.15, 0.2) is 0 Å². The molecule has 2 unspecified atom stereocenters. The molecule has 19 heavy (non-hydrogen) atoms. The van der Waals surface area contributed by atoms with Crippen molar-refractivity contribution in [2.45, 2.75) is 51.5 Å². The van der Waals surface area contributed by atoms with E-state index in [-0.39, 0.29) is 12.1 Å². The number of hydrogen-bond acceptors (Lipinski definition) is 4. The second-order valence-electron chi connectivity index (χ2n) is 5.01. The summed E-state index contributed by atoms with van der Waals surface area (Å²) in [6.07, 6.45) is 1.39. The molecule has 0 aromatic heterocycles. The Morgan fingerprint density at radius 1 is 1.21 bits per heavy atom. The number of benzene rings is 1. The lowest BCUT2D eigenvalue weighted by Crippen LogP contribution is -2.30. The van der Waals surface area contributed by atoms with Gasteiger partial charge in [-0.15, -0.1) is 0 Å². The van der Waals surface area contributed by atoms with Crippen molar-refractivity contribution in [3.63, 3.8) is 0 Å². The summed E-state index contributed by atoms with van der Waals surface area (Å²) in [6, 6.07) is 8.37. The maximum atomic E-state index is 5.66. The standard InChI is InChI=1S/C15H26N2OS/c1-5-12(4)19-10-15(17-16)13-6-8-14(9-7-13)18-11(2)3/h6-9,11-12,15,17H,5,10,16H2,1-4H3. The quantitative estimate of drug-likeness (QED) is 0.566. The number of rotatable bonds is 8. The third-order valence-corrected chi connectivity index (χ3v) is 4.41. The SMILES string of the molecule is CCC(C)SCC(NN)c1ccc(OC(C)C)cc1. The highest BCUT2D eigenvalue weighted by molar-refractivity contribution is 7.99. The molecule has 0 aliphatic rings. The van der Waals surface area contributed by atoms with Crippen LogP contribution < -0.4 is 16.0 Å². The maximum Gasteiger partial charge on any atom is 0.119 e. The molecular weight excluding hydrogens is 256 g/mol. The van der Waals surface area contributed by atoms with Crippen molar-refractivity contribution < 1.29 is 4.74 Å². The first kappa shape index (κ1) is 16.3. The molecule has 0 amide bonds. The third-order valence-electron chi connectivity index (χ3n) is 2.98. The fourth-order valence-corrected chi connectivity index (χ4v) is 2.72. The predicted molar refractivity (Wildman–Crippen MR) is 84.5 cm³/mol. The van der Waals surface area contributed by atoms with Gasteiger partial charge in [0, 0.05) is 11.0 Å². The summed E-state index contributed by atoms with van der Waals surface area (Å²) < 4.78 is 5.64. The molecule has 0 saturated carbocycles. The van der Waals surface area contributed by atoms with Crippen LogP contribution in [0.1, 0.15) is 45.7 Å². The molecule has 0 aliphatic heterocycles. The van der Waals surface area contributed by atoms with Gasteiger partial charge in [0.25, 0.3) is 0 Å². The van der Waals surface area contributed by atoms with Crippen LogP contribution in [0, 0.1) is 0 Å². The van der Waals surface area contributed by atoms with Crippen LogP contribution >= 0.6 is 11.8 Å². The molecule has 0 fully saturated rings. The maximum absolute atomic E-state index is 5.66. The smallest absolute Gasteiger partial charge is 0.119 e. The van der Waals surface area contributed by atoms with Gasteiger partial charge in [-0.2, -0.15) is 11.8 Å². The molecule has 0 aliphatic carbocycles. The number of ether oxygens (including phenoxy) is 1. The Balaban J connectivity index is 2.60. The normalized spacial score (nSPS) is 14.4. The monoisotopic (exact) mass is 282 g/mol. The first-order chi connectivity index (χ1) is 9.06. The van der Waals surface area contributed by atoms with Crippen molar-refractivity contribution in [2.75, 3.05) is 5.75 Å². The summed E-state index contributed by atoms with van der Waals surface area (Å²) >= 11 is 1.95. The third kappa shape index (κ3) is 5.85. The van der Waals surface area contributed by atoms with Gasteiger partial charge in [0.1, 0.15) is 5.75 Å². The zero-order chi connectivity index (χ0) is 14.3. The highest BCUT2D eigenvalue weighted by Crippen LogP contribution is 2.24. The van der Waals surface area contributed by atoms with E-state index in [0.717, 1.165) is 11.5 Å². The predicted octanol–water partition coefficient (Wildman–Crippen LogP) is 3.51. The van der Waals surface area contributed by atoms with Crippen LogP contribution in [0.25, 0.3) is 0 Å². The van der Waals surface area contributed by atoms with E-state index in [0.29, 0.717) is 5.25 Å². The average Bonchev–Trinajstić information content (AvgIpc) is 2.40. The molecule has 0 heterocycles. The highest BCUT2D eigenvalue weighted by atomic mass is 32.2. The van der Waals surface area contributed by atoms with E-state index in [4.69, 9.17) is 10.6 Å². The van der Waals surface area contributed by atoms with Crippen molar-refractivity contribution in [3.8, 4) is 5.75 Å². The Hall–Kier alpha value is -0.710. The fraction of sp³-hybridized carbons (Fsp3) is 0.600. The highest BCUT2D eigenvalue weighted by Gasteiger charge is 2.11. The Bertz CT molecular complexity index is 354. The minimum absolute atomic E-state index is 0.187. The zero-order valence-electron chi connectivity index (χ0n) is 12.3. The largest absolute Gasteiger partial charge is 0.491 e. The topological polar surface area (TPSA) is 47.3 Å². The fourth-order valence-electron chi connectivity index (χ4n) is 1.67. The van der Waals surface area contributed by atoms with E-state index in [1.165, 1.54) is 12.0 Å². The summed E-state index contributed by atoms with van der Waals surface area (Å²) in [4.78, 5) is 0. The average molecular weight is 282 g/mol. The molecular formula is C15H26N2OS. The minimum Gasteiger partial charge on any atom is -0.491 e. The van der Waals surface area contributed by atoms with E-state index < -0.39 is 0 Å². The zero-order valence-corrected chi connectivity index (χ0v) is 13.2. The van der Waals surface area contributed by atoms with Crippen LogP contribution in [0.15, 0.2) is 24.3 Å². The minimum atomic E-state index is 0.187. The summed E-state index contributed by atoms with van der Waals surface area (Å²) in [5.41, 5.74) is 4.10. The van der Waals surface area contributed by atoms with Crippen LogP contribution in [0.4, 0.5) is 0 Å². The van der Waals surface area contributed by atoms with Crippen molar-refractivity contribution in [2.24, 2.45) is 5.84 Å². The van der Waals surface area contributed by atoms with E-state index in [1.54, 1.807) is 0 Å². The van der Waals surface area contributed by atoms with Gasteiger partial charge in [-0.25, -0.2) is 0 Å². The molecule has 1 rings (SSSR count). The van der Waals surface area contributed by atoms with Crippen LogP contribution in [-0.4, -0.2) is 17.1 Å². The molecule has 1 aromatic carbocycles. The van der Waals surface area contributed by atoms with Gasteiger partial charge in [-0.3, -0.25) is 11.3 Å². The summed E-state index contributed by atoms with van der Waals surface area (Å²) in [6.45, 7) is 8.51. The van der Waals surface area contributed by atoms with E-state index in [1.807, 2.05) is 37.7 Å². The molecule has 0 bridgehead atoms. The number of nitrogens with one attached hydrogen (secondary N) is 1. The van der Waals surface area contributed by atoms with Crippen LogP contribution in [0.5, 0.6) is 5.75 Å². The lowest BCUT2D eigenvalue weighted by molar-refractivity contribution is 0.242. The number of hydrazine groups is 1. The summed E-state index contributed by atoms with van der Waals surface area (Å²) in [5, 5.41) is 0.666. The first-order valence-corrected chi connectivity index (χ1v) is 7.96. The van der Waals surface area contributed by atoms with Crippen molar-refractivity contribution in [1.82, 2.24) is 5.43 Å². The molecule has 0 spiro atoms. The Labute approximate surface area is 121 Å². The van der Waals surface area contributed by atoms with Gasteiger partial charge >= 0.3 is 0 Å². The van der Waals surface area contributed by atoms with E-state index in [9.17, 15) is 0 Å². The molecule has 0 saturated heterocycles. The van der Waals surface area contributed by atoms with Gasteiger partial charge in [0.2, 0.25) is 0 Å². The van der Waals surface area contributed by atoms with Crippen LogP contribution in [-0.2, 0) is 0 Å². The summed E-state index contributed by atoms with van der Waals surface area (Å²) in [7, 11) is 0. The van der Waals surface area contributed by atoms with Gasteiger partial charge < -0.3 is 4.74 Å². The number of hydrogen-bond donors (Lipinski definition) is 2. The van der Waals surface area contributed by atoms with Crippen molar-refractivity contribution in [3.05, 3.63) is 29.8 Å². The first-order valence-electron chi connectivity index (χ1n) is 6.91. The summed E-state index contributed by atoms with van der Waals surface area (Å²) in [5.74, 6) is 7.55. The molecule has 2 atom stereocenters. The van der Waals surface area contributed by atoms with Gasteiger partial charge in [0.05, 0.1) is 12.1 Å². The molecule has 3 nitrogen and oxygen atoms in total. The Kier molecular flexibility index (Phi) is 7.28. The number of nitrogens with two attached hydrogens (primary N) is 1. The van der Waals surface area contributed by atoms with Gasteiger partial charge in [-0.05, 0) is 38.0 Å². The Morgan fingerprint density at radius 3 is 2.32 bits per heavy atom. The molecule has 0 radical (unpaired) electrons. The number of thioether (sulfide) groups is 1. The molecule has 4 heteroatoms. The lowest BCUT2D eigenvalue weighted by Gasteiger charge is -2.19. The van der Waals surface area contributed by atoms with Crippen LogP contribution in [0.2, 0.25) is 0 Å².